The third-order valence-corrected chi connectivity index (χ3v) is 6.24. The lowest BCUT2D eigenvalue weighted by molar-refractivity contribution is 0.0953. The Morgan fingerprint density at radius 3 is 2.66 bits per heavy atom. The number of nitrogens with one attached hydrogen (secondary N) is 1. The van der Waals surface area contributed by atoms with E-state index >= 15 is 0 Å². The van der Waals surface area contributed by atoms with Crippen molar-refractivity contribution in [2.75, 3.05) is 6.54 Å². The molecule has 0 aliphatic heterocycles. The van der Waals surface area contributed by atoms with Crippen LogP contribution < -0.4 is 5.32 Å². The van der Waals surface area contributed by atoms with Crippen LogP contribution in [0.2, 0.25) is 0 Å². The van der Waals surface area contributed by atoms with E-state index < -0.39 is 0 Å². The van der Waals surface area contributed by atoms with Gasteiger partial charge in [-0.05, 0) is 43.0 Å². The van der Waals surface area contributed by atoms with E-state index in [0.29, 0.717) is 6.54 Å². The fourth-order valence-electron chi connectivity index (χ4n) is 4.56. The second-order valence-corrected chi connectivity index (χ2v) is 8.28. The van der Waals surface area contributed by atoms with Crippen LogP contribution in [-0.4, -0.2) is 22.0 Å². The highest BCUT2D eigenvalue weighted by Crippen LogP contribution is 2.28. The molecule has 0 radical (unpaired) electrons. The molecular formula is C25H31N3O. The summed E-state index contributed by atoms with van der Waals surface area (Å²) in [6.45, 7) is 3.59. The average molecular weight is 390 g/mol. The van der Waals surface area contributed by atoms with Gasteiger partial charge in [0, 0.05) is 25.1 Å². The minimum atomic E-state index is -0.00651. The molecular weight excluding hydrogens is 358 g/mol. The van der Waals surface area contributed by atoms with Gasteiger partial charge in [0.1, 0.15) is 5.82 Å². The Morgan fingerprint density at radius 2 is 1.83 bits per heavy atom. The zero-order valence-corrected chi connectivity index (χ0v) is 17.4. The molecule has 4 rings (SSSR count). The van der Waals surface area contributed by atoms with E-state index in [2.05, 4.69) is 28.1 Å². The van der Waals surface area contributed by atoms with Crippen molar-refractivity contribution < 1.29 is 4.79 Å². The zero-order valence-electron chi connectivity index (χ0n) is 17.4. The molecule has 0 spiro atoms. The fourth-order valence-corrected chi connectivity index (χ4v) is 4.56. The monoisotopic (exact) mass is 389 g/mol. The van der Waals surface area contributed by atoms with E-state index in [4.69, 9.17) is 4.98 Å². The van der Waals surface area contributed by atoms with Crippen molar-refractivity contribution in [1.82, 2.24) is 14.9 Å². The fraction of sp³-hybridized carbons (Fsp3) is 0.440. The van der Waals surface area contributed by atoms with Crippen LogP contribution >= 0.6 is 0 Å². The number of carbonyl (C=O) groups is 1. The first kappa shape index (κ1) is 19.7. The lowest BCUT2D eigenvalue weighted by atomic mass is 9.87. The molecule has 1 saturated carbocycles. The Balaban J connectivity index is 1.43. The maximum Gasteiger partial charge on any atom is 0.251 e. The number of hydrogen-bond donors (Lipinski definition) is 1. The van der Waals surface area contributed by atoms with Crippen LogP contribution in [0, 0.1) is 12.8 Å². The Morgan fingerprint density at radius 1 is 1.07 bits per heavy atom. The van der Waals surface area contributed by atoms with Crippen molar-refractivity contribution in [1.29, 1.82) is 0 Å². The van der Waals surface area contributed by atoms with Gasteiger partial charge in [-0.15, -0.1) is 0 Å². The third kappa shape index (κ3) is 4.69. The number of aromatic nitrogens is 2. The quantitative estimate of drug-likeness (QED) is 0.597. The summed E-state index contributed by atoms with van der Waals surface area (Å²) in [6.07, 6.45) is 8.87. The maximum atomic E-state index is 12.5. The number of imidazole rings is 1. The van der Waals surface area contributed by atoms with Crippen LogP contribution in [0.5, 0.6) is 0 Å². The van der Waals surface area contributed by atoms with Gasteiger partial charge in [0.2, 0.25) is 0 Å². The molecule has 1 aliphatic rings. The Kier molecular flexibility index (Phi) is 6.28. The van der Waals surface area contributed by atoms with Crippen molar-refractivity contribution in [3.63, 3.8) is 0 Å². The van der Waals surface area contributed by atoms with Crippen molar-refractivity contribution in [2.45, 2.75) is 58.4 Å². The average Bonchev–Trinajstić information content (AvgIpc) is 3.10. The number of fused-ring (bicyclic) bond motifs is 1. The highest BCUT2D eigenvalue weighted by Gasteiger charge is 2.16. The van der Waals surface area contributed by atoms with Crippen LogP contribution in [-0.2, 0) is 13.0 Å². The lowest BCUT2D eigenvalue weighted by Crippen LogP contribution is -2.27. The standard InChI is InChI=1S/C25H31N3O/c1-19-9-5-6-12-21(19)25(29)26-17-15-24-27-22-13-7-8-14-23(22)28(24)18-16-20-10-3-2-4-11-20/h5-9,12-14,20H,2-4,10-11,15-18H2,1H3,(H,26,29). The number of hydrogen-bond acceptors (Lipinski definition) is 2. The van der Waals surface area contributed by atoms with E-state index in [1.54, 1.807) is 0 Å². The highest BCUT2D eigenvalue weighted by molar-refractivity contribution is 5.95. The van der Waals surface area contributed by atoms with Gasteiger partial charge in [0.05, 0.1) is 11.0 Å². The van der Waals surface area contributed by atoms with E-state index in [1.807, 2.05) is 37.3 Å². The molecule has 0 unspecified atom stereocenters. The van der Waals surface area contributed by atoms with Crippen molar-refractivity contribution in [2.24, 2.45) is 5.92 Å². The van der Waals surface area contributed by atoms with Crippen LogP contribution in [0.25, 0.3) is 11.0 Å². The number of aryl methyl sites for hydroxylation is 2. The first-order valence-electron chi connectivity index (χ1n) is 11.0. The summed E-state index contributed by atoms with van der Waals surface area (Å²) in [5.41, 5.74) is 4.02. The zero-order chi connectivity index (χ0) is 20.1. The summed E-state index contributed by atoms with van der Waals surface area (Å²) in [6, 6.07) is 16.1. The second kappa shape index (κ2) is 9.25. The predicted molar refractivity (Wildman–Crippen MR) is 118 cm³/mol. The number of carbonyl (C=O) groups excluding carboxylic acids is 1. The van der Waals surface area contributed by atoms with Gasteiger partial charge in [-0.3, -0.25) is 4.79 Å². The smallest absolute Gasteiger partial charge is 0.251 e. The molecule has 1 N–H and O–H groups in total. The maximum absolute atomic E-state index is 12.5. The molecule has 1 aliphatic carbocycles. The normalized spacial score (nSPS) is 14.9. The molecule has 1 aromatic heterocycles. The highest BCUT2D eigenvalue weighted by atomic mass is 16.1. The molecule has 4 nitrogen and oxygen atoms in total. The number of nitrogens with zero attached hydrogens (tertiary/aromatic N) is 2. The van der Waals surface area contributed by atoms with Crippen LogP contribution in [0.3, 0.4) is 0 Å². The van der Waals surface area contributed by atoms with Crippen molar-refractivity contribution in [3.8, 4) is 0 Å². The van der Waals surface area contributed by atoms with Gasteiger partial charge < -0.3 is 9.88 Å². The van der Waals surface area contributed by atoms with Crippen molar-refractivity contribution in [3.05, 3.63) is 65.5 Å². The minimum Gasteiger partial charge on any atom is -0.352 e. The molecule has 4 heteroatoms. The van der Waals surface area contributed by atoms with Gasteiger partial charge in [0.25, 0.3) is 5.91 Å². The van der Waals surface area contributed by atoms with E-state index in [9.17, 15) is 4.79 Å². The molecule has 1 fully saturated rings. The second-order valence-electron chi connectivity index (χ2n) is 8.28. The number of para-hydroxylation sites is 2. The van der Waals surface area contributed by atoms with Gasteiger partial charge >= 0.3 is 0 Å². The lowest BCUT2D eigenvalue weighted by Gasteiger charge is -2.22. The number of amides is 1. The van der Waals surface area contributed by atoms with E-state index in [0.717, 1.165) is 41.4 Å². The summed E-state index contributed by atoms with van der Waals surface area (Å²) in [7, 11) is 0. The topological polar surface area (TPSA) is 46.9 Å². The van der Waals surface area contributed by atoms with E-state index in [1.165, 1.54) is 44.0 Å². The van der Waals surface area contributed by atoms with Gasteiger partial charge in [-0.1, -0.05) is 62.4 Å². The Bertz CT molecular complexity index is 969. The molecule has 1 amide bonds. The molecule has 1 heterocycles. The Labute approximate surface area is 173 Å². The molecule has 29 heavy (non-hydrogen) atoms. The molecule has 0 bridgehead atoms. The largest absolute Gasteiger partial charge is 0.352 e. The first-order chi connectivity index (χ1) is 14.2. The number of benzene rings is 2. The van der Waals surface area contributed by atoms with Gasteiger partial charge in [0.15, 0.2) is 0 Å². The van der Waals surface area contributed by atoms with Crippen LogP contribution in [0.4, 0.5) is 0 Å². The third-order valence-electron chi connectivity index (χ3n) is 6.24. The predicted octanol–water partition coefficient (Wildman–Crippen LogP) is 5.29. The van der Waals surface area contributed by atoms with Crippen LogP contribution in [0.1, 0.15) is 60.3 Å². The summed E-state index contributed by atoms with van der Waals surface area (Å²) < 4.78 is 2.38. The van der Waals surface area contributed by atoms with Gasteiger partial charge in [-0.2, -0.15) is 0 Å². The molecule has 152 valence electrons. The summed E-state index contributed by atoms with van der Waals surface area (Å²) >= 11 is 0. The van der Waals surface area contributed by atoms with Crippen molar-refractivity contribution >= 4 is 16.9 Å². The molecule has 0 saturated heterocycles. The summed E-state index contributed by atoms with van der Waals surface area (Å²) in [4.78, 5) is 17.4. The summed E-state index contributed by atoms with van der Waals surface area (Å²) in [5.74, 6) is 1.92. The minimum absolute atomic E-state index is 0.00651. The molecule has 3 aromatic rings. The Hall–Kier alpha value is -2.62. The molecule has 0 atom stereocenters. The van der Waals surface area contributed by atoms with Gasteiger partial charge in [-0.25, -0.2) is 4.98 Å². The SMILES string of the molecule is Cc1ccccc1C(=O)NCCc1nc2ccccc2n1CCC1CCCCC1. The summed E-state index contributed by atoms with van der Waals surface area (Å²) in [5, 5.41) is 3.07. The first-order valence-corrected chi connectivity index (χ1v) is 11.0. The number of rotatable bonds is 7. The van der Waals surface area contributed by atoms with E-state index in [-0.39, 0.29) is 5.91 Å². The van der Waals surface area contributed by atoms with Crippen LogP contribution in [0.15, 0.2) is 48.5 Å². The molecule has 2 aromatic carbocycles.